The molecule has 206 valence electrons. The van der Waals surface area contributed by atoms with Gasteiger partial charge >= 0.3 is 0 Å². The summed E-state index contributed by atoms with van der Waals surface area (Å²) in [7, 11) is 0. The Morgan fingerprint density at radius 1 is 1.02 bits per heavy atom. The molecule has 1 amide bonds. The van der Waals surface area contributed by atoms with E-state index >= 15 is 0 Å². The smallest absolute Gasteiger partial charge is 0.263 e. The number of pyridine rings is 1. The summed E-state index contributed by atoms with van der Waals surface area (Å²) >= 11 is 1.38. The molecule has 0 fully saturated rings. The first-order chi connectivity index (χ1) is 20.4. The molecule has 10 nitrogen and oxygen atoms in total. The van der Waals surface area contributed by atoms with E-state index in [0.717, 1.165) is 38.1 Å². The number of hydrogen-bond donors (Lipinski definition) is 2. The topological polar surface area (TPSA) is 134 Å². The van der Waals surface area contributed by atoms with Crippen molar-refractivity contribution in [3.8, 4) is 16.9 Å². The minimum Gasteiger partial charge on any atom is -0.383 e. The molecule has 0 saturated carbocycles. The van der Waals surface area contributed by atoms with Gasteiger partial charge in [0.2, 0.25) is 5.91 Å². The Labute approximate surface area is 243 Å². The highest BCUT2D eigenvalue weighted by Gasteiger charge is 2.20. The summed E-state index contributed by atoms with van der Waals surface area (Å²) < 4.78 is 4.40. The van der Waals surface area contributed by atoms with Crippen molar-refractivity contribution in [2.75, 3.05) is 11.1 Å². The quantitative estimate of drug-likeness (QED) is 0.286. The molecule has 7 aromatic rings. The Balaban J connectivity index is 1.42. The number of nitrogen functional groups attached to an aromatic ring is 1. The highest BCUT2D eigenvalue weighted by molar-refractivity contribution is 7.22. The Morgan fingerprint density at radius 2 is 1.83 bits per heavy atom. The van der Waals surface area contributed by atoms with Crippen molar-refractivity contribution < 1.29 is 4.79 Å². The van der Waals surface area contributed by atoms with Crippen LogP contribution in [-0.2, 0) is 11.3 Å². The zero-order valence-electron chi connectivity index (χ0n) is 22.7. The minimum absolute atomic E-state index is 0.103. The van der Waals surface area contributed by atoms with E-state index in [1.807, 2.05) is 79.7 Å². The second kappa shape index (κ2) is 9.89. The van der Waals surface area contributed by atoms with Crippen molar-refractivity contribution in [1.82, 2.24) is 29.3 Å². The number of carbonyl (C=O) groups excluding carboxylic acids is 1. The maximum atomic E-state index is 13.9. The monoisotopic (exact) mass is 572 g/mol. The van der Waals surface area contributed by atoms with Crippen molar-refractivity contribution in [2.24, 2.45) is 0 Å². The lowest BCUT2D eigenvalue weighted by Gasteiger charge is -2.17. The van der Waals surface area contributed by atoms with E-state index < -0.39 is 0 Å². The number of fused-ring (bicyclic) bond motifs is 3. The van der Waals surface area contributed by atoms with Gasteiger partial charge < -0.3 is 11.1 Å². The molecule has 11 heteroatoms. The number of aromatic nitrogens is 6. The normalized spacial score (nSPS) is 11.5. The molecule has 3 aromatic carbocycles. The summed E-state index contributed by atoms with van der Waals surface area (Å²) in [5.41, 5.74) is 11.6. The van der Waals surface area contributed by atoms with Crippen LogP contribution in [0, 0.1) is 6.92 Å². The van der Waals surface area contributed by atoms with Crippen LogP contribution in [0.15, 0.2) is 83.9 Å². The molecule has 0 aliphatic carbocycles. The highest BCUT2D eigenvalue weighted by Crippen LogP contribution is 2.35. The maximum Gasteiger partial charge on any atom is 0.263 e. The zero-order valence-corrected chi connectivity index (χ0v) is 23.5. The Kier molecular flexibility index (Phi) is 6.02. The fraction of sp³-hybridized carbons (Fsp3) is 0.0968. The molecular formula is C31H24N8O2S. The fourth-order valence-corrected chi connectivity index (χ4v) is 6.23. The van der Waals surface area contributed by atoms with E-state index in [9.17, 15) is 9.59 Å². The lowest BCUT2D eigenvalue weighted by Crippen LogP contribution is -2.24. The van der Waals surface area contributed by atoms with E-state index in [4.69, 9.17) is 10.8 Å². The van der Waals surface area contributed by atoms with Gasteiger partial charge in [0, 0.05) is 23.6 Å². The molecular weight excluding hydrogens is 548 g/mol. The molecule has 3 N–H and O–H groups in total. The number of thiazole rings is 1. The predicted octanol–water partition coefficient (Wildman–Crippen LogP) is 5.30. The summed E-state index contributed by atoms with van der Waals surface area (Å²) in [5, 5.41) is 10.4. The number of nitrogens with one attached hydrogen (secondary N) is 1. The highest BCUT2D eigenvalue weighted by atomic mass is 32.1. The van der Waals surface area contributed by atoms with Crippen molar-refractivity contribution in [2.45, 2.75) is 20.4 Å². The van der Waals surface area contributed by atoms with Gasteiger partial charge in [-0.15, -0.1) is 0 Å². The third kappa shape index (κ3) is 4.27. The Morgan fingerprint density at radius 3 is 2.67 bits per heavy atom. The second-order valence-corrected chi connectivity index (χ2v) is 11.0. The summed E-state index contributed by atoms with van der Waals surface area (Å²) in [5.74, 6) is 0.126. The molecule has 0 saturated heterocycles. The number of anilines is 2. The van der Waals surface area contributed by atoms with Crippen molar-refractivity contribution in [3.63, 3.8) is 0 Å². The van der Waals surface area contributed by atoms with Crippen LogP contribution in [0.3, 0.4) is 0 Å². The zero-order chi connectivity index (χ0) is 29.0. The van der Waals surface area contributed by atoms with Gasteiger partial charge in [-0.25, -0.2) is 19.6 Å². The molecule has 0 aliphatic heterocycles. The number of nitrogens with zero attached hydrogens (tertiary/aromatic N) is 6. The number of aryl methyl sites for hydroxylation is 1. The molecule has 0 unspecified atom stereocenters. The Bertz CT molecular complexity index is 2250. The van der Waals surface area contributed by atoms with Crippen LogP contribution < -0.4 is 16.6 Å². The number of nitrogens with two attached hydrogens (primary N) is 1. The molecule has 0 atom stereocenters. The average Bonchev–Trinajstić information content (AvgIpc) is 3.54. The number of hydrogen-bond acceptors (Lipinski definition) is 8. The summed E-state index contributed by atoms with van der Waals surface area (Å²) in [6.45, 7) is 3.70. The lowest BCUT2D eigenvalue weighted by molar-refractivity contribution is -0.114. The third-order valence-corrected chi connectivity index (χ3v) is 8.11. The average molecular weight is 573 g/mol. The second-order valence-electron chi connectivity index (χ2n) is 10.00. The van der Waals surface area contributed by atoms with Crippen LogP contribution >= 0.6 is 11.3 Å². The van der Waals surface area contributed by atoms with E-state index in [1.165, 1.54) is 24.6 Å². The number of benzene rings is 3. The van der Waals surface area contributed by atoms with Crippen LogP contribution in [0.4, 0.5) is 10.9 Å². The number of rotatable bonds is 5. The lowest BCUT2D eigenvalue weighted by atomic mass is 10.1. The van der Waals surface area contributed by atoms with Gasteiger partial charge in [-0.3, -0.25) is 14.2 Å². The summed E-state index contributed by atoms with van der Waals surface area (Å²) in [6, 6.07) is 23.2. The van der Waals surface area contributed by atoms with Gasteiger partial charge in [0.1, 0.15) is 17.8 Å². The van der Waals surface area contributed by atoms with Crippen LogP contribution in [0.25, 0.3) is 49.0 Å². The Hall–Kier alpha value is -5.42. The first-order valence-electron chi connectivity index (χ1n) is 13.2. The van der Waals surface area contributed by atoms with E-state index in [2.05, 4.69) is 20.3 Å². The predicted molar refractivity (Wildman–Crippen MR) is 166 cm³/mol. The largest absolute Gasteiger partial charge is 0.383 e. The van der Waals surface area contributed by atoms with Gasteiger partial charge in [-0.1, -0.05) is 53.8 Å². The van der Waals surface area contributed by atoms with Gasteiger partial charge in [-0.05, 0) is 48.2 Å². The molecule has 4 aromatic heterocycles. The minimum atomic E-state index is -0.179. The van der Waals surface area contributed by atoms with Crippen LogP contribution in [0.2, 0.25) is 0 Å². The van der Waals surface area contributed by atoms with Crippen LogP contribution in [0.5, 0.6) is 0 Å². The molecule has 0 radical (unpaired) electrons. The van der Waals surface area contributed by atoms with Gasteiger partial charge in [0.05, 0.1) is 27.8 Å². The van der Waals surface area contributed by atoms with Crippen LogP contribution in [-0.4, -0.2) is 35.2 Å². The SMILES string of the molecule is CC(=O)Nc1nc2ccc(-c3nn(Cc4cc5ccccc5c(=O)n4-c4ccccc4C)c4ncnc(N)c34)cc2s1. The first-order valence-corrected chi connectivity index (χ1v) is 14.0. The van der Waals surface area contributed by atoms with Crippen molar-refractivity contribution >= 4 is 60.2 Å². The molecule has 0 aliphatic rings. The molecule has 0 bridgehead atoms. The standard InChI is InChI=1S/C31H24N8O2S/c1-17-7-3-6-10-24(17)39-21(13-19-8-4-5-9-22(19)30(39)41)15-38-29-26(28(32)33-16-34-29)27(37-38)20-11-12-23-25(14-20)42-31(36-23)35-18(2)40/h3-14,16H,15H2,1-2H3,(H2,32,33,34)(H,35,36,40). The fourth-order valence-electron chi connectivity index (χ4n) is 5.28. The van der Waals surface area contributed by atoms with Gasteiger partial charge in [0.25, 0.3) is 5.56 Å². The number of amides is 1. The molecule has 42 heavy (non-hydrogen) atoms. The van der Waals surface area contributed by atoms with Crippen LogP contribution in [0.1, 0.15) is 18.2 Å². The molecule has 4 heterocycles. The number of carbonyl (C=O) groups is 1. The van der Waals surface area contributed by atoms with Gasteiger partial charge in [0.15, 0.2) is 10.8 Å². The van der Waals surface area contributed by atoms with E-state index in [0.29, 0.717) is 33.1 Å². The summed E-state index contributed by atoms with van der Waals surface area (Å²) in [6.07, 6.45) is 1.42. The van der Waals surface area contributed by atoms with Gasteiger partial charge in [-0.2, -0.15) is 5.10 Å². The van der Waals surface area contributed by atoms with Crippen molar-refractivity contribution in [1.29, 1.82) is 0 Å². The summed E-state index contributed by atoms with van der Waals surface area (Å²) in [4.78, 5) is 38.7. The molecule has 0 spiro atoms. The van der Waals surface area contributed by atoms with E-state index in [1.54, 1.807) is 9.25 Å². The molecule has 7 rings (SSSR count). The third-order valence-electron chi connectivity index (χ3n) is 7.18. The van der Waals surface area contributed by atoms with Crippen molar-refractivity contribution in [3.05, 3.63) is 101 Å². The first kappa shape index (κ1) is 25.5. The van der Waals surface area contributed by atoms with E-state index in [-0.39, 0.29) is 18.0 Å². The maximum absolute atomic E-state index is 13.9. The number of para-hydroxylation sites is 1.